The molecule has 0 saturated carbocycles. The van der Waals surface area contributed by atoms with E-state index in [1.165, 1.54) is 0 Å². The van der Waals surface area contributed by atoms with E-state index in [1.54, 1.807) is 13.0 Å². The number of hydrogen-bond acceptors (Lipinski definition) is 3. The lowest BCUT2D eigenvalue weighted by atomic mass is 10.1. The third kappa shape index (κ3) is 4.06. The summed E-state index contributed by atoms with van der Waals surface area (Å²) in [7, 11) is 0. The van der Waals surface area contributed by atoms with E-state index in [0.29, 0.717) is 30.4 Å². The average Bonchev–Trinajstić information content (AvgIpc) is 2.36. The first-order valence-electron chi connectivity index (χ1n) is 6.51. The van der Waals surface area contributed by atoms with Gasteiger partial charge in [-0.15, -0.1) is 0 Å². The highest BCUT2D eigenvalue weighted by Gasteiger charge is 2.14. The summed E-state index contributed by atoms with van der Waals surface area (Å²) < 4.78 is 10.7. The van der Waals surface area contributed by atoms with Gasteiger partial charge in [-0.25, -0.2) is 4.79 Å². The molecule has 1 rings (SSSR count). The minimum absolute atomic E-state index is 0.320. The van der Waals surface area contributed by atoms with Gasteiger partial charge in [0, 0.05) is 0 Å². The molecule has 3 heteroatoms. The number of aryl methyl sites for hydroxylation is 1. The standard InChI is InChI=1S/C15H22O3/c1-5-12-7-8-13(15(16)17-6-2)14(9-12)18-10-11(3)4/h7-9,11H,5-6,10H2,1-4H3. The van der Waals surface area contributed by atoms with Gasteiger partial charge in [0.15, 0.2) is 0 Å². The van der Waals surface area contributed by atoms with Gasteiger partial charge in [-0.1, -0.05) is 26.8 Å². The first kappa shape index (κ1) is 14.6. The van der Waals surface area contributed by atoms with Gasteiger partial charge < -0.3 is 9.47 Å². The van der Waals surface area contributed by atoms with E-state index < -0.39 is 0 Å². The van der Waals surface area contributed by atoms with Crippen LogP contribution in [-0.2, 0) is 11.2 Å². The lowest BCUT2D eigenvalue weighted by molar-refractivity contribution is 0.0521. The summed E-state index contributed by atoms with van der Waals surface area (Å²) >= 11 is 0. The monoisotopic (exact) mass is 250 g/mol. The molecule has 0 heterocycles. The van der Waals surface area contributed by atoms with Crippen LogP contribution in [0.2, 0.25) is 0 Å². The summed E-state index contributed by atoms with van der Waals surface area (Å²) in [5, 5.41) is 0. The van der Waals surface area contributed by atoms with E-state index >= 15 is 0 Å². The van der Waals surface area contributed by atoms with Crippen LogP contribution in [0.25, 0.3) is 0 Å². The van der Waals surface area contributed by atoms with Crippen LogP contribution in [0.15, 0.2) is 18.2 Å². The van der Waals surface area contributed by atoms with Crippen LogP contribution in [0.1, 0.15) is 43.6 Å². The molecule has 100 valence electrons. The number of esters is 1. The zero-order valence-electron chi connectivity index (χ0n) is 11.7. The highest BCUT2D eigenvalue weighted by molar-refractivity contribution is 5.92. The van der Waals surface area contributed by atoms with Gasteiger partial charge in [0.25, 0.3) is 0 Å². The Morgan fingerprint density at radius 1 is 1.28 bits per heavy atom. The second kappa shape index (κ2) is 7.04. The van der Waals surface area contributed by atoms with Crippen molar-refractivity contribution in [3.05, 3.63) is 29.3 Å². The maximum Gasteiger partial charge on any atom is 0.341 e. The van der Waals surface area contributed by atoms with Crippen LogP contribution in [-0.4, -0.2) is 19.2 Å². The van der Waals surface area contributed by atoms with Gasteiger partial charge in [-0.05, 0) is 37.0 Å². The second-order valence-electron chi connectivity index (χ2n) is 4.61. The zero-order chi connectivity index (χ0) is 13.5. The Morgan fingerprint density at radius 2 is 2.00 bits per heavy atom. The molecule has 0 aliphatic heterocycles. The van der Waals surface area contributed by atoms with Crippen molar-refractivity contribution in [2.75, 3.05) is 13.2 Å². The van der Waals surface area contributed by atoms with Gasteiger partial charge in [0.05, 0.1) is 13.2 Å². The number of rotatable bonds is 6. The van der Waals surface area contributed by atoms with E-state index in [1.807, 2.05) is 12.1 Å². The number of benzene rings is 1. The smallest absolute Gasteiger partial charge is 0.341 e. The molecule has 0 aliphatic carbocycles. The molecule has 0 aromatic heterocycles. The highest BCUT2D eigenvalue weighted by atomic mass is 16.5. The van der Waals surface area contributed by atoms with Crippen molar-refractivity contribution in [3.8, 4) is 5.75 Å². The molecule has 0 spiro atoms. The third-order valence-corrected chi connectivity index (χ3v) is 2.52. The predicted molar refractivity (Wildman–Crippen MR) is 72.1 cm³/mol. The van der Waals surface area contributed by atoms with Crippen molar-refractivity contribution >= 4 is 5.97 Å². The van der Waals surface area contributed by atoms with Crippen molar-refractivity contribution in [2.24, 2.45) is 5.92 Å². The summed E-state index contributed by atoms with van der Waals surface area (Å²) in [5.41, 5.74) is 1.66. The van der Waals surface area contributed by atoms with E-state index in [0.717, 1.165) is 12.0 Å². The second-order valence-corrected chi connectivity index (χ2v) is 4.61. The van der Waals surface area contributed by atoms with Crippen LogP contribution in [0.3, 0.4) is 0 Å². The van der Waals surface area contributed by atoms with E-state index in [9.17, 15) is 4.79 Å². The van der Waals surface area contributed by atoms with E-state index in [2.05, 4.69) is 20.8 Å². The normalized spacial score (nSPS) is 10.5. The fourth-order valence-corrected chi connectivity index (χ4v) is 1.54. The summed E-state index contributed by atoms with van der Waals surface area (Å²) in [6.45, 7) is 9.00. The molecule has 0 unspecified atom stereocenters. The largest absolute Gasteiger partial charge is 0.492 e. The highest BCUT2D eigenvalue weighted by Crippen LogP contribution is 2.22. The maximum absolute atomic E-state index is 11.8. The molecule has 0 atom stereocenters. The minimum Gasteiger partial charge on any atom is -0.492 e. The van der Waals surface area contributed by atoms with Gasteiger partial charge in [0.1, 0.15) is 11.3 Å². The molecular formula is C15H22O3. The van der Waals surface area contributed by atoms with Crippen LogP contribution in [0, 0.1) is 5.92 Å². The summed E-state index contributed by atoms with van der Waals surface area (Å²) in [5.74, 6) is 0.728. The molecule has 0 aliphatic rings. The molecule has 0 amide bonds. The van der Waals surface area contributed by atoms with Gasteiger partial charge in [-0.3, -0.25) is 0 Å². The van der Waals surface area contributed by atoms with E-state index in [-0.39, 0.29) is 5.97 Å². The Hall–Kier alpha value is -1.51. The molecule has 0 bridgehead atoms. The quantitative estimate of drug-likeness (QED) is 0.725. The number of hydrogen-bond donors (Lipinski definition) is 0. The summed E-state index contributed by atoms with van der Waals surface area (Å²) in [6, 6.07) is 5.65. The number of ether oxygens (including phenoxy) is 2. The van der Waals surface area contributed by atoms with Crippen molar-refractivity contribution < 1.29 is 14.3 Å². The number of carbonyl (C=O) groups excluding carboxylic acids is 1. The van der Waals surface area contributed by atoms with Crippen molar-refractivity contribution in [2.45, 2.75) is 34.1 Å². The lowest BCUT2D eigenvalue weighted by Crippen LogP contribution is -2.11. The van der Waals surface area contributed by atoms with Gasteiger partial charge >= 0.3 is 5.97 Å². The molecule has 0 fully saturated rings. The molecule has 1 aromatic rings. The SMILES string of the molecule is CCOC(=O)c1ccc(CC)cc1OCC(C)C. The zero-order valence-corrected chi connectivity index (χ0v) is 11.7. The topological polar surface area (TPSA) is 35.5 Å². The first-order valence-corrected chi connectivity index (χ1v) is 6.51. The maximum atomic E-state index is 11.8. The molecule has 3 nitrogen and oxygen atoms in total. The molecule has 1 aromatic carbocycles. The van der Waals surface area contributed by atoms with Crippen LogP contribution in [0.5, 0.6) is 5.75 Å². The van der Waals surface area contributed by atoms with Crippen LogP contribution in [0.4, 0.5) is 0 Å². The van der Waals surface area contributed by atoms with Crippen LogP contribution >= 0.6 is 0 Å². The molecule has 0 saturated heterocycles. The molecule has 0 radical (unpaired) electrons. The Kier molecular flexibility index (Phi) is 5.69. The average molecular weight is 250 g/mol. The van der Waals surface area contributed by atoms with Crippen molar-refractivity contribution in [1.29, 1.82) is 0 Å². The first-order chi connectivity index (χ1) is 8.58. The Morgan fingerprint density at radius 3 is 2.56 bits per heavy atom. The summed E-state index contributed by atoms with van der Waals surface area (Å²) in [4.78, 5) is 11.8. The van der Waals surface area contributed by atoms with Crippen LogP contribution < -0.4 is 4.74 Å². The Balaban J connectivity index is 2.96. The summed E-state index contributed by atoms with van der Waals surface area (Å²) in [6.07, 6.45) is 0.918. The minimum atomic E-state index is -0.320. The van der Waals surface area contributed by atoms with Gasteiger partial charge in [0.2, 0.25) is 0 Å². The number of carbonyl (C=O) groups is 1. The lowest BCUT2D eigenvalue weighted by Gasteiger charge is -2.13. The molecule has 0 N–H and O–H groups in total. The Labute approximate surface area is 109 Å². The predicted octanol–water partition coefficient (Wildman–Crippen LogP) is 3.46. The fourth-order valence-electron chi connectivity index (χ4n) is 1.54. The Bertz CT molecular complexity index is 397. The third-order valence-electron chi connectivity index (χ3n) is 2.52. The molecular weight excluding hydrogens is 228 g/mol. The van der Waals surface area contributed by atoms with Crippen molar-refractivity contribution in [3.63, 3.8) is 0 Å². The fraction of sp³-hybridized carbons (Fsp3) is 0.533. The van der Waals surface area contributed by atoms with Gasteiger partial charge in [-0.2, -0.15) is 0 Å². The van der Waals surface area contributed by atoms with E-state index in [4.69, 9.17) is 9.47 Å². The molecule has 18 heavy (non-hydrogen) atoms. The van der Waals surface area contributed by atoms with Crippen molar-refractivity contribution in [1.82, 2.24) is 0 Å².